The van der Waals surface area contributed by atoms with Gasteiger partial charge in [0.25, 0.3) is 0 Å². The maximum Gasteiger partial charge on any atom is 0.337 e. The van der Waals surface area contributed by atoms with Crippen molar-refractivity contribution in [3.8, 4) is 0 Å². The topological polar surface area (TPSA) is 66.8 Å². The number of benzene rings is 1. The van der Waals surface area contributed by atoms with Gasteiger partial charge in [0.15, 0.2) is 0 Å². The molecule has 18 heavy (non-hydrogen) atoms. The SMILES string of the molecule is CCCON(C=O)c1c(C(=O)O)ccc(Cl)c1Cl. The van der Waals surface area contributed by atoms with Crippen LogP contribution in [-0.2, 0) is 9.63 Å². The van der Waals surface area contributed by atoms with E-state index in [-0.39, 0.29) is 27.9 Å². The van der Waals surface area contributed by atoms with Crippen LogP contribution in [0, 0.1) is 0 Å². The van der Waals surface area contributed by atoms with Gasteiger partial charge in [0.05, 0.1) is 22.2 Å². The molecule has 0 aliphatic rings. The van der Waals surface area contributed by atoms with Gasteiger partial charge in [-0.2, -0.15) is 5.06 Å². The summed E-state index contributed by atoms with van der Waals surface area (Å²) >= 11 is 11.7. The lowest BCUT2D eigenvalue weighted by molar-refractivity contribution is -0.114. The molecule has 1 aromatic rings. The normalized spacial score (nSPS) is 10.2. The quantitative estimate of drug-likeness (QED) is 0.646. The molecule has 0 bridgehead atoms. The van der Waals surface area contributed by atoms with Crippen molar-refractivity contribution in [1.29, 1.82) is 0 Å². The van der Waals surface area contributed by atoms with E-state index in [2.05, 4.69) is 0 Å². The highest BCUT2D eigenvalue weighted by Gasteiger charge is 2.22. The van der Waals surface area contributed by atoms with E-state index in [4.69, 9.17) is 33.1 Å². The van der Waals surface area contributed by atoms with Gasteiger partial charge < -0.3 is 5.11 Å². The number of halogens is 2. The van der Waals surface area contributed by atoms with Crippen molar-refractivity contribution in [2.24, 2.45) is 0 Å². The number of carbonyl (C=O) groups excluding carboxylic acids is 1. The van der Waals surface area contributed by atoms with Gasteiger partial charge >= 0.3 is 5.97 Å². The van der Waals surface area contributed by atoms with E-state index >= 15 is 0 Å². The van der Waals surface area contributed by atoms with Crippen LogP contribution in [0.2, 0.25) is 10.0 Å². The number of aromatic carboxylic acids is 1. The van der Waals surface area contributed by atoms with Crippen LogP contribution >= 0.6 is 23.2 Å². The molecule has 0 unspecified atom stereocenters. The summed E-state index contributed by atoms with van der Waals surface area (Å²) in [5, 5.41) is 9.93. The first kappa shape index (κ1) is 14.8. The summed E-state index contributed by atoms with van der Waals surface area (Å²) < 4.78 is 0. The largest absolute Gasteiger partial charge is 0.478 e. The molecule has 0 radical (unpaired) electrons. The lowest BCUT2D eigenvalue weighted by atomic mass is 10.2. The number of hydroxylamine groups is 1. The van der Waals surface area contributed by atoms with Crippen molar-refractivity contribution in [1.82, 2.24) is 0 Å². The van der Waals surface area contributed by atoms with Crippen LogP contribution in [0.3, 0.4) is 0 Å². The molecule has 1 aromatic carbocycles. The predicted molar refractivity (Wildman–Crippen MR) is 68.2 cm³/mol. The molecule has 1 amide bonds. The van der Waals surface area contributed by atoms with E-state index in [9.17, 15) is 9.59 Å². The van der Waals surface area contributed by atoms with E-state index in [1.165, 1.54) is 12.1 Å². The van der Waals surface area contributed by atoms with E-state index in [1.807, 2.05) is 6.92 Å². The second-order valence-electron chi connectivity index (χ2n) is 3.33. The molecule has 0 aliphatic carbocycles. The summed E-state index contributed by atoms with van der Waals surface area (Å²) in [4.78, 5) is 27.1. The Bertz CT molecular complexity index is 465. The fourth-order valence-electron chi connectivity index (χ4n) is 1.27. The molecule has 1 N–H and O–H groups in total. The fourth-order valence-corrected chi connectivity index (χ4v) is 1.67. The van der Waals surface area contributed by atoms with Crippen LogP contribution in [0.1, 0.15) is 23.7 Å². The first-order chi connectivity index (χ1) is 8.52. The third kappa shape index (κ3) is 3.13. The molecule has 0 heterocycles. The fraction of sp³-hybridized carbons (Fsp3) is 0.273. The van der Waals surface area contributed by atoms with Crippen molar-refractivity contribution in [3.63, 3.8) is 0 Å². The molecular formula is C11H11Cl2NO4. The number of amides is 1. The summed E-state index contributed by atoms with van der Waals surface area (Å²) in [7, 11) is 0. The minimum atomic E-state index is -1.23. The smallest absolute Gasteiger partial charge is 0.337 e. The van der Waals surface area contributed by atoms with E-state index in [1.54, 1.807) is 0 Å². The third-order valence-electron chi connectivity index (χ3n) is 2.05. The van der Waals surface area contributed by atoms with Gasteiger partial charge in [0, 0.05) is 0 Å². The Morgan fingerprint density at radius 3 is 2.67 bits per heavy atom. The number of carbonyl (C=O) groups is 2. The maximum atomic E-state index is 11.1. The first-order valence-corrected chi connectivity index (χ1v) is 5.87. The van der Waals surface area contributed by atoms with Crippen LogP contribution in [0.5, 0.6) is 0 Å². The number of carboxylic acids is 1. The van der Waals surface area contributed by atoms with E-state index in [0.717, 1.165) is 5.06 Å². The van der Waals surface area contributed by atoms with Crippen LogP contribution in [-0.4, -0.2) is 24.1 Å². The molecule has 98 valence electrons. The Labute approximate surface area is 114 Å². The molecule has 0 fully saturated rings. The van der Waals surface area contributed by atoms with Gasteiger partial charge in [0.1, 0.15) is 5.69 Å². The van der Waals surface area contributed by atoms with Gasteiger partial charge in [-0.05, 0) is 18.6 Å². The number of carboxylic acid groups (broad SMARTS) is 1. The number of hydrogen-bond acceptors (Lipinski definition) is 3. The average molecular weight is 292 g/mol. The van der Waals surface area contributed by atoms with Crippen LogP contribution in [0.25, 0.3) is 0 Å². The number of anilines is 1. The number of hydrogen-bond donors (Lipinski definition) is 1. The summed E-state index contributed by atoms with van der Waals surface area (Å²) in [6.45, 7) is 2.10. The minimum Gasteiger partial charge on any atom is -0.478 e. The van der Waals surface area contributed by atoms with Gasteiger partial charge in [-0.15, -0.1) is 0 Å². The molecule has 1 rings (SSSR count). The van der Waals surface area contributed by atoms with Gasteiger partial charge in [-0.1, -0.05) is 30.1 Å². The summed E-state index contributed by atoms with van der Waals surface area (Å²) in [6, 6.07) is 2.61. The Kier molecular flexibility index (Phi) is 5.40. The lowest BCUT2D eigenvalue weighted by Gasteiger charge is -2.20. The maximum absolute atomic E-state index is 11.1. The zero-order chi connectivity index (χ0) is 13.7. The highest BCUT2D eigenvalue weighted by atomic mass is 35.5. The summed E-state index contributed by atoms with van der Waals surface area (Å²) in [5.74, 6) is -1.23. The monoisotopic (exact) mass is 291 g/mol. The van der Waals surface area contributed by atoms with E-state index < -0.39 is 5.97 Å². The van der Waals surface area contributed by atoms with Crippen LogP contribution < -0.4 is 5.06 Å². The van der Waals surface area contributed by atoms with Crippen molar-refractivity contribution in [3.05, 3.63) is 27.7 Å². The first-order valence-electron chi connectivity index (χ1n) is 5.11. The van der Waals surface area contributed by atoms with Gasteiger partial charge in [0.2, 0.25) is 6.41 Å². The molecule has 0 atom stereocenters. The predicted octanol–water partition coefficient (Wildman–Crippen LogP) is 3.00. The molecule has 0 aliphatic heterocycles. The molecule has 5 nitrogen and oxygen atoms in total. The third-order valence-corrected chi connectivity index (χ3v) is 2.84. The summed E-state index contributed by atoms with van der Waals surface area (Å²) in [5.41, 5.74) is -0.229. The Balaban J connectivity index is 3.29. The Hall–Kier alpha value is -1.30. The van der Waals surface area contributed by atoms with Crippen molar-refractivity contribution in [2.75, 3.05) is 11.7 Å². The number of nitrogens with zero attached hydrogens (tertiary/aromatic N) is 1. The zero-order valence-corrected chi connectivity index (χ0v) is 11.0. The number of rotatable bonds is 6. The van der Waals surface area contributed by atoms with Crippen molar-refractivity contribution < 1.29 is 19.5 Å². The highest BCUT2D eigenvalue weighted by molar-refractivity contribution is 6.44. The second-order valence-corrected chi connectivity index (χ2v) is 4.11. The van der Waals surface area contributed by atoms with Gasteiger partial charge in [-0.25, -0.2) is 4.79 Å². The molecule has 7 heteroatoms. The Morgan fingerprint density at radius 2 is 2.17 bits per heavy atom. The van der Waals surface area contributed by atoms with Crippen LogP contribution in [0.15, 0.2) is 12.1 Å². The average Bonchev–Trinajstić information content (AvgIpc) is 2.34. The molecule has 0 saturated heterocycles. The zero-order valence-electron chi connectivity index (χ0n) is 9.52. The highest BCUT2D eigenvalue weighted by Crippen LogP contribution is 2.35. The van der Waals surface area contributed by atoms with Crippen molar-refractivity contribution >= 4 is 41.3 Å². The molecule has 0 saturated carbocycles. The lowest BCUT2D eigenvalue weighted by Crippen LogP contribution is -2.24. The Morgan fingerprint density at radius 1 is 1.50 bits per heavy atom. The minimum absolute atomic E-state index is 0.0419. The van der Waals surface area contributed by atoms with Crippen molar-refractivity contribution in [2.45, 2.75) is 13.3 Å². The van der Waals surface area contributed by atoms with E-state index in [0.29, 0.717) is 12.8 Å². The van der Waals surface area contributed by atoms with Crippen LogP contribution in [0.4, 0.5) is 5.69 Å². The molecule has 0 aromatic heterocycles. The van der Waals surface area contributed by atoms with Gasteiger partial charge in [-0.3, -0.25) is 9.63 Å². The molecule has 0 spiro atoms. The second kappa shape index (κ2) is 6.58. The molecular weight excluding hydrogens is 281 g/mol. The summed E-state index contributed by atoms with van der Waals surface area (Å²) in [6.07, 6.45) is 1.00. The standard InChI is InChI=1S/C11H11Cl2NO4/c1-2-5-18-14(6-15)10-7(11(16)17)3-4-8(12)9(10)13/h3-4,6H,2,5H2,1H3,(H,16,17).